The van der Waals surface area contributed by atoms with E-state index >= 15 is 0 Å². The number of carbonyl (C=O) groups is 1. The Balaban J connectivity index is 1.48. The quantitative estimate of drug-likeness (QED) is 0.548. The lowest BCUT2D eigenvalue weighted by atomic mass is 9.80. The van der Waals surface area contributed by atoms with Crippen molar-refractivity contribution in [3.63, 3.8) is 0 Å². The Morgan fingerprint density at radius 2 is 1.77 bits per heavy atom. The van der Waals surface area contributed by atoms with Crippen LogP contribution < -0.4 is 10.2 Å². The molecule has 4 rings (SSSR count). The smallest absolute Gasteiger partial charge is 0.217 e. The second-order valence-electron chi connectivity index (χ2n) is 8.49. The van der Waals surface area contributed by atoms with Gasteiger partial charge >= 0.3 is 0 Å². The minimum Gasteiger partial charge on any atom is -0.369 e. The molecule has 1 aliphatic carbocycles. The van der Waals surface area contributed by atoms with E-state index < -0.39 is 0 Å². The molecule has 1 saturated carbocycles. The maximum atomic E-state index is 11.1. The van der Waals surface area contributed by atoms with Gasteiger partial charge in [0.1, 0.15) is 0 Å². The van der Waals surface area contributed by atoms with E-state index in [1.165, 1.54) is 47.7 Å². The zero-order valence-corrected chi connectivity index (χ0v) is 18.1. The van der Waals surface area contributed by atoms with Crippen LogP contribution in [0.3, 0.4) is 0 Å². The van der Waals surface area contributed by atoms with E-state index in [9.17, 15) is 4.79 Å². The number of hydrogen-bond acceptors (Lipinski definition) is 2. The number of fused-ring (bicyclic) bond motifs is 1. The fourth-order valence-corrected chi connectivity index (χ4v) is 4.89. The highest BCUT2D eigenvalue weighted by Crippen LogP contribution is 2.37. The Morgan fingerprint density at radius 3 is 2.50 bits per heavy atom. The number of rotatable bonds is 6. The van der Waals surface area contributed by atoms with Gasteiger partial charge in [0.05, 0.1) is 0 Å². The fraction of sp³-hybridized carbons (Fsp3) is 0.370. The minimum absolute atomic E-state index is 0.0162. The van der Waals surface area contributed by atoms with E-state index in [2.05, 4.69) is 83.9 Å². The number of hydrogen-bond donors (Lipinski definition) is 1. The van der Waals surface area contributed by atoms with Crippen molar-refractivity contribution in [2.75, 3.05) is 11.4 Å². The lowest BCUT2D eigenvalue weighted by Gasteiger charge is -2.39. The highest BCUT2D eigenvalue weighted by Gasteiger charge is 2.27. The minimum atomic E-state index is 0.0162. The Kier molecular flexibility index (Phi) is 6.37. The number of benzene rings is 3. The third-order valence-electron chi connectivity index (χ3n) is 6.49. The molecular formula is C27H32N2O. The van der Waals surface area contributed by atoms with Gasteiger partial charge in [0.25, 0.3) is 0 Å². The van der Waals surface area contributed by atoms with Crippen LogP contribution in [0.15, 0.2) is 66.7 Å². The molecule has 1 aliphatic rings. The molecule has 2 unspecified atom stereocenters. The van der Waals surface area contributed by atoms with Gasteiger partial charge in [-0.15, -0.1) is 0 Å². The summed E-state index contributed by atoms with van der Waals surface area (Å²) < 4.78 is 0. The Bertz CT molecular complexity index is 995. The molecule has 0 radical (unpaired) electrons. The number of nitrogens with one attached hydrogen (secondary N) is 1. The maximum Gasteiger partial charge on any atom is 0.217 e. The average molecular weight is 401 g/mol. The number of carbonyl (C=O) groups excluding carboxylic acids is 1. The predicted octanol–water partition coefficient (Wildman–Crippen LogP) is 6.03. The second-order valence-corrected chi connectivity index (χ2v) is 8.49. The van der Waals surface area contributed by atoms with Crippen LogP contribution in [-0.2, 0) is 11.3 Å². The summed E-state index contributed by atoms with van der Waals surface area (Å²) in [5.41, 5.74) is 3.93. The molecule has 2 atom stereocenters. The third kappa shape index (κ3) is 4.67. The molecule has 0 heterocycles. The lowest BCUT2D eigenvalue weighted by Crippen LogP contribution is -2.38. The Hall–Kier alpha value is -2.81. The monoisotopic (exact) mass is 400 g/mol. The summed E-state index contributed by atoms with van der Waals surface area (Å²) in [4.78, 5) is 13.7. The van der Waals surface area contributed by atoms with Gasteiger partial charge in [-0.3, -0.25) is 4.79 Å². The summed E-state index contributed by atoms with van der Waals surface area (Å²) in [5, 5.41) is 5.49. The molecule has 0 aromatic heterocycles. The van der Waals surface area contributed by atoms with Gasteiger partial charge in [-0.05, 0) is 66.1 Å². The van der Waals surface area contributed by atoms with Gasteiger partial charge in [-0.25, -0.2) is 0 Å². The first-order valence-corrected chi connectivity index (χ1v) is 11.2. The van der Waals surface area contributed by atoms with Crippen LogP contribution in [0.5, 0.6) is 0 Å². The van der Waals surface area contributed by atoms with Gasteiger partial charge in [0.15, 0.2) is 0 Å². The molecule has 3 heteroatoms. The predicted molar refractivity (Wildman–Crippen MR) is 126 cm³/mol. The molecule has 30 heavy (non-hydrogen) atoms. The summed E-state index contributed by atoms with van der Waals surface area (Å²) in [7, 11) is 0. The molecule has 1 fully saturated rings. The van der Waals surface area contributed by atoms with Crippen molar-refractivity contribution in [1.82, 2.24) is 5.32 Å². The molecule has 1 N–H and O–H groups in total. The van der Waals surface area contributed by atoms with E-state index in [4.69, 9.17) is 0 Å². The van der Waals surface area contributed by atoms with Crippen LogP contribution >= 0.6 is 0 Å². The topological polar surface area (TPSA) is 32.3 Å². The first-order valence-electron chi connectivity index (χ1n) is 11.2. The number of nitrogens with zero attached hydrogens (tertiary/aromatic N) is 1. The van der Waals surface area contributed by atoms with Crippen LogP contribution in [0, 0.1) is 0 Å². The van der Waals surface area contributed by atoms with E-state index in [1.54, 1.807) is 6.92 Å². The molecule has 1 amide bonds. The van der Waals surface area contributed by atoms with Crippen LogP contribution in [0.25, 0.3) is 10.8 Å². The first-order chi connectivity index (χ1) is 14.6. The Morgan fingerprint density at radius 1 is 1.00 bits per heavy atom. The first kappa shape index (κ1) is 20.5. The molecule has 0 bridgehead atoms. The molecular weight excluding hydrogens is 368 g/mol. The zero-order chi connectivity index (χ0) is 20.9. The second kappa shape index (κ2) is 9.34. The molecule has 3 aromatic carbocycles. The molecule has 0 saturated heterocycles. The summed E-state index contributed by atoms with van der Waals surface area (Å²) in [6.07, 6.45) is 4.99. The molecule has 3 nitrogen and oxygen atoms in total. The van der Waals surface area contributed by atoms with Crippen LogP contribution in [0.1, 0.15) is 56.6 Å². The van der Waals surface area contributed by atoms with Crippen LogP contribution in [-0.4, -0.2) is 18.5 Å². The van der Waals surface area contributed by atoms with E-state index in [1.807, 2.05) is 0 Å². The van der Waals surface area contributed by atoms with Gasteiger partial charge in [-0.1, -0.05) is 61.0 Å². The summed E-state index contributed by atoms with van der Waals surface area (Å²) in [6, 6.07) is 24.9. The fourth-order valence-electron chi connectivity index (χ4n) is 4.89. The van der Waals surface area contributed by atoms with Crippen molar-refractivity contribution < 1.29 is 4.79 Å². The highest BCUT2D eigenvalue weighted by molar-refractivity contribution is 5.85. The Labute approximate surface area is 180 Å². The van der Waals surface area contributed by atoms with Gasteiger partial charge in [0.2, 0.25) is 5.91 Å². The third-order valence-corrected chi connectivity index (χ3v) is 6.49. The van der Waals surface area contributed by atoms with Crippen molar-refractivity contribution in [2.45, 2.75) is 58.0 Å². The van der Waals surface area contributed by atoms with E-state index in [-0.39, 0.29) is 5.91 Å². The SMILES string of the molecule is CCN(c1ccc2ccccc2c1)C1CCCC(c2ccc(CNC(C)=O)cc2)C1. The van der Waals surface area contributed by atoms with Gasteiger partial charge < -0.3 is 10.2 Å². The van der Waals surface area contributed by atoms with E-state index in [0.29, 0.717) is 18.5 Å². The zero-order valence-electron chi connectivity index (χ0n) is 18.1. The highest BCUT2D eigenvalue weighted by atomic mass is 16.1. The normalized spacial score (nSPS) is 18.9. The molecule has 0 spiro atoms. The summed E-state index contributed by atoms with van der Waals surface area (Å²) in [5.74, 6) is 0.621. The maximum absolute atomic E-state index is 11.1. The number of anilines is 1. The summed E-state index contributed by atoms with van der Waals surface area (Å²) >= 11 is 0. The summed E-state index contributed by atoms with van der Waals surface area (Å²) in [6.45, 7) is 5.47. The van der Waals surface area contributed by atoms with Crippen molar-refractivity contribution >= 4 is 22.4 Å². The van der Waals surface area contributed by atoms with Crippen molar-refractivity contribution in [2.24, 2.45) is 0 Å². The molecule has 0 aliphatic heterocycles. The average Bonchev–Trinajstić information content (AvgIpc) is 2.79. The van der Waals surface area contributed by atoms with Crippen molar-refractivity contribution in [1.29, 1.82) is 0 Å². The van der Waals surface area contributed by atoms with Gasteiger partial charge in [-0.2, -0.15) is 0 Å². The van der Waals surface area contributed by atoms with Gasteiger partial charge in [0, 0.05) is 31.7 Å². The number of amides is 1. The molecule has 156 valence electrons. The van der Waals surface area contributed by atoms with Crippen LogP contribution in [0.4, 0.5) is 5.69 Å². The van der Waals surface area contributed by atoms with Crippen molar-refractivity contribution in [3.05, 3.63) is 77.9 Å². The van der Waals surface area contributed by atoms with Crippen molar-refractivity contribution in [3.8, 4) is 0 Å². The lowest BCUT2D eigenvalue weighted by molar-refractivity contribution is -0.119. The standard InChI is InChI=1S/C27H32N2O/c1-3-29(27-16-15-22-7-4-5-8-24(22)18-27)26-10-6-9-25(17-26)23-13-11-21(12-14-23)19-28-20(2)30/h4-5,7-8,11-16,18,25-26H,3,6,9-10,17,19H2,1-2H3,(H,28,30). The van der Waals surface area contributed by atoms with Crippen LogP contribution in [0.2, 0.25) is 0 Å². The molecule has 3 aromatic rings. The van der Waals surface area contributed by atoms with E-state index in [0.717, 1.165) is 12.1 Å². The largest absolute Gasteiger partial charge is 0.369 e.